The van der Waals surface area contributed by atoms with Crippen LogP contribution < -0.4 is 11.0 Å². The molecular formula is C21H19ClF3N5O4. The van der Waals surface area contributed by atoms with Gasteiger partial charge in [0.05, 0.1) is 35.9 Å². The maximum atomic E-state index is 13.0. The Hall–Kier alpha value is -3.22. The zero-order valence-corrected chi connectivity index (χ0v) is 18.5. The topological polar surface area (TPSA) is 111 Å². The van der Waals surface area contributed by atoms with Crippen molar-refractivity contribution in [3.8, 4) is 5.82 Å². The van der Waals surface area contributed by atoms with Crippen LogP contribution in [0.3, 0.4) is 0 Å². The Morgan fingerprint density at radius 2 is 1.94 bits per heavy atom. The van der Waals surface area contributed by atoms with Gasteiger partial charge in [0.2, 0.25) is 5.79 Å². The summed E-state index contributed by atoms with van der Waals surface area (Å²) in [6.45, 7) is 1.97. The lowest BCUT2D eigenvalue weighted by molar-refractivity contribution is -0.271. The molecule has 1 amide bonds. The molecule has 1 saturated heterocycles. The van der Waals surface area contributed by atoms with Crippen LogP contribution in [0, 0.1) is 6.92 Å². The lowest BCUT2D eigenvalue weighted by atomic mass is 10.0. The van der Waals surface area contributed by atoms with Crippen molar-refractivity contribution in [1.82, 2.24) is 25.1 Å². The molecule has 180 valence electrons. The van der Waals surface area contributed by atoms with Gasteiger partial charge in [-0.3, -0.25) is 4.79 Å². The van der Waals surface area contributed by atoms with Gasteiger partial charge in [-0.15, -0.1) is 0 Å². The quantitative estimate of drug-likeness (QED) is 0.560. The Labute approximate surface area is 195 Å². The molecule has 13 heteroatoms. The zero-order chi connectivity index (χ0) is 24.5. The number of pyridine rings is 1. The molecule has 9 nitrogen and oxygen atoms in total. The van der Waals surface area contributed by atoms with E-state index < -0.39 is 29.1 Å². The van der Waals surface area contributed by atoms with Crippen LogP contribution in [0.4, 0.5) is 13.2 Å². The van der Waals surface area contributed by atoms with Crippen LogP contribution in [0.25, 0.3) is 5.82 Å². The molecule has 0 unspecified atom stereocenters. The summed E-state index contributed by atoms with van der Waals surface area (Å²) in [6, 6.07) is 5.70. The van der Waals surface area contributed by atoms with Crippen molar-refractivity contribution in [2.24, 2.45) is 0 Å². The van der Waals surface area contributed by atoms with E-state index in [1.807, 2.05) is 0 Å². The van der Waals surface area contributed by atoms with Crippen LogP contribution in [0.2, 0.25) is 5.02 Å². The summed E-state index contributed by atoms with van der Waals surface area (Å²) in [5.74, 6) is -1.63. The van der Waals surface area contributed by atoms with E-state index in [4.69, 9.17) is 21.1 Å². The zero-order valence-electron chi connectivity index (χ0n) is 17.8. The molecule has 0 spiro atoms. The molecule has 34 heavy (non-hydrogen) atoms. The highest BCUT2D eigenvalue weighted by molar-refractivity contribution is 6.33. The molecule has 0 saturated carbocycles. The number of rotatable bonds is 5. The Bertz CT molecular complexity index is 1250. The highest BCUT2D eigenvalue weighted by Crippen LogP contribution is 2.34. The normalized spacial score (nSPS) is 15.8. The largest absolute Gasteiger partial charge is 0.416 e. The van der Waals surface area contributed by atoms with E-state index in [1.165, 1.54) is 29.0 Å². The van der Waals surface area contributed by atoms with E-state index in [2.05, 4.69) is 20.5 Å². The molecule has 1 aromatic carbocycles. The maximum Gasteiger partial charge on any atom is 0.416 e. The molecule has 0 bridgehead atoms. The van der Waals surface area contributed by atoms with Gasteiger partial charge in [0.15, 0.2) is 0 Å². The SMILES string of the molecule is Cc1n[nH]c(=O)n1-c1cc(C(=O)NCC2(c3ccc(C(F)(F)F)cc3)OCCCO2)c(Cl)cn1. The summed E-state index contributed by atoms with van der Waals surface area (Å²) in [5.41, 5.74) is -1.00. The number of benzene rings is 1. The Morgan fingerprint density at radius 3 is 2.53 bits per heavy atom. The fourth-order valence-electron chi connectivity index (χ4n) is 3.52. The summed E-state index contributed by atoms with van der Waals surface area (Å²) in [6.07, 6.45) is -2.67. The molecule has 2 N–H and O–H groups in total. The molecule has 0 radical (unpaired) electrons. The number of carbonyl (C=O) groups is 1. The van der Waals surface area contributed by atoms with E-state index in [1.54, 1.807) is 6.92 Å². The standard InChI is InChI=1S/C21H19ClF3N5O4/c1-12-28-29-19(32)30(12)17-9-15(16(22)10-26-17)18(31)27-11-20(33-7-2-8-34-20)13-3-5-14(6-4-13)21(23,24)25/h3-6,9-10H,2,7-8,11H2,1H3,(H,27,31)(H,29,32). The summed E-state index contributed by atoms with van der Waals surface area (Å²) < 4.78 is 51.6. The molecule has 0 atom stereocenters. The third kappa shape index (κ3) is 4.69. The van der Waals surface area contributed by atoms with Crippen molar-refractivity contribution in [1.29, 1.82) is 0 Å². The van der Waals surface area contributed by atoms with E-state index in [-0.39, 0.29) is 22.9 Å². The first-order chi connectivity index (χ1) is 16.1. The number of carbonyl (C=O) groups excluding carboxylic acids is 1. The molecule has 1 fully saturated rings. The minimum absolute atomic E-state index is 0.0255. The van der Waals surface area contributed by atoms with Crippen molar-refractivity contribution < 1.29 is 27.4 Å². The van der Waals surface area contributed by atoms with E-state index >= 15 is 0 Å². The average Bonchev–Trinajstić information content (AvgIpc) is 3.16. The van der Waals surface area contributed by atoms with Gasteiger partial charge in [0.1, 0.15) is 11.6 Å². The first-order valence-corrected chi connectivity index (χ1v) is 10.5. The summed E-state index contributed by atoms with van der Waals surface area (Å²) in [7, 11) is 0. The smallest absolute Gasteiger partial charge is 0.346 e. The van der Waals surface area contributed by atoms with Crippen LogP contribution in [-0.2, 0) is 21.4 Å². The van der Waals surface area contributed by atoms with Crippen LogP contribution >= 0.6 is 11.6 Å². The predicted molar refractivity (Wildman–Crippen MR) is 114 cm³/mol. The van der Waals surface area contributed by atoms with E-state index in [9.17, 15) is 22.8 Å². The van der Waals surface area contributed by atoms with Gasteiger partial charge in [-0.1, -0.05) is 23.7 Å². The third-order valence-corrected chi connectivity index (χ3v) is 5.55. The lowest BCUT2D eigenvalue weighted by Crippen LogP contribution is -2.47. The van der Waals surface area contributed by atoms with Crippen molar-refractivity contribution >= 4 is 17.5 Å². The number of alkyl halides is 3. The van der Waals surface area contributed by atoms with E-state index in [0.29, 0.717) is 31.0 Å². The molecule has 1 aliphatic rings. The predicted octanol–water partition coefficient (Wildman–Crippen LogP) is 2.96. The minimum atomic E-state index is -4.49. The van der Waals surface area contributed by atoms with Crippen LogP contribution in [0.15, 0.2) is 41.3 Å². The van der Waals surface area contributed by atoms with Crippen LogP contribution in [0.5, 0.6) is 0 Å². The maximum absolute atomic E-state index is 13.0. The van der Waals surface area contributed by atoms with E-state index in [0.717, 1.165) is 12.1 Å². The highest BCUT2D eigenvalue weighted by atomic mass is 35.5. The number of nitrogens with zero attached hydrogens (tertiary/aromatic N) is 3. The van der Waals surface area contributed by atoms with Gasteiger partial charge < -0.3 is 14.8 Å². The van der Waals surface area contributed by atoms with Crippen molar-refractivity contribution in [2.75, 3.05) is 19.8 Å². The van der Waals surface area contributed by atoms with Gasteiger partial charge in [-0.25, -0.2) is 19.4 Å². The van der Waals surface area contributed by atoms with Gasteiger partial charge >= 0.3 is 11.9 Å². The number of H-pyrrole nitrogens is 1. The number of halogens is 4. The fraction of sp³-hybridized carbons (Fsp3) is 0.333. The third-order valence-electron chi connectivity index (χ3n) is 5.25. The Morgan fingerprint density at radius 1 is 1.26 bits per heavy atom. The van der Waals surface area contributed by atoms with Crippen LogP contribution in [-0.4, -0.2) is 45.4 Å². The monoisotopic (exact) mass is 497 g/mol. The number of nitrogens with one attached hydrogen (secondary N) is 2. The number of aromatic nitrogens is 4. The fourth-order valence-corrected chi connectivity index (χ4v) is 3.71. The first-order valence-electron chi connectivity index (χ1n) is 10.1. The lowest BCUT2D eigenvalue weighted by Gasteiger charge is -2.37. The molecule has 4 rings (SSSR count). The first kappa shape index (κ1) is 23.9. The molecule has 0 aliphatic carbocycles. The number of hydrogen-bond donors (Lipinski definition) is 2. The molecule has 2 aromatic heterocycles. The Balaban J connectivity index is 1.59. The second kappa shape index (κ2) is 9.20. The number of amides is 1. The van der Waals surface area contributed by atoms with Gasteiger partial charge in [-0.2, -0.15) is 18.3 Å². The second-order valence-electron chi connectivity index (χ2n) is 7.49. The molecular weight excluding hydrogens is 479 g/mol. The number of aryl methyl sites for hydroxylation is 1. The summed E-state index contributed by atoms with van der Waals surface area (Å²) >= 11 is 6.16. The summed E-state index contributed by atoms with van der Waals surface area (Å²) in [5, 5.41) is 8.78. The number of ether oxygens (including phenoxy) is 2. The Kier molecular flexibility index (Phi) is 6.47. The molecule has 3 heterocycles. The van der Waals surface area contributed by atoms with Crippen LogP contribution in [0.1, 0.15) is 33.7 Å². The van der Waals surface area contributed by atoms with Crippen molar-refractivity contribution in [2.45, 2.75) is 25.3 Å². The van der Waals surface area contributed by atoms with Gasteiger partial charge in [0.25, 0.3) is 5.91 Å². The highest BCUT2D eigenvalue weighted by Gasteiger charge is 2.39. The number of hydrogen-bond acceptors (Lipinski definition) is 6. The van der Waals surface area contributed by atoms with Crippen molar-refractivity contribution in [3.63, 3.8) is 0 Å². The molecule has 1 aliphatic heterocycles. The van der Waals surface area contributed by atoms with Gasteiger partial charge in [-0.05, 0) is 31.5 Å². The van der Waals surface area contributed by atoms with Gasteiger partial charge in [0, 0.05) is 11.8 Å². The number of aromatic amines is 1. The minimum Gasteiger partial charge on any atom is -0.346 e. The summed E-state index contributed by atoms with van der Waals surface area (Å²) in [4.78, 5) is 29.0. The molecule has 3 aromatic rings. The second-order valence-corrected chi connectivity index (χ2v) is 7.90. The average molecular weight is 498 g/mol. The van der Waals surface area contributed by atoms with Crippen molar-refractivity contribution in [3.05, 3.63) is 74.6 Å².